The number of hydrogen-bond acceptors (Lipinski definition) is 6. The van der Waals surface area contributed by atoms with E-state index in [0.29, 0.717) is 23.2 Å². The summed E-state index contributed by atoms with van der Waals surface area (Å²) in [5.74, 6) is 0.703. The Kier molecular flexibility index (Phi) is 5.79. The maximum absolute atomic E-state index is 12.8. The van der Waals surface area contributed by atoms with E-state index >= 15 is 0 Å². The Balaban J connectivity index is 1.48. The van der Waals surface area contributed by atoms with Crippen molar-refractivity contribution in [2.45, 2.75) is 39.2 Å². The molecule has 0 bridgehead atoms. The smallest absolute Gasteiger partial charge is 0.339 e. The molecule has 0 N–H and O–H groups in total. The number of carbonyl (C=O) groups excluding carboxylic acids is 1. The van der Waals surface area contributed by atoms with Gasteiger partial charge in [0, 0.05) is 47.5 Å². The summed E-state index contributed by atoms with van der Waals surface area (Å²) in [6.07, 6.45) is 0.777. The lowest BCUT2D eigenvalue weighted by Crippen LogP contribution is -2.38. The molecule has 0 radical (unpaired) electrons. The van der Waals surface area contributed by atoms with Crippen molar-refractivity contribution >= 4 is 37.7 Å². The minimum atomic E-state index is -3.09. The van der Waals surface area contributed by atoms with Gasteiger partial charge in [-0.05, 0) is 43.9 Å². The SMILES string of the molecule is Cc1oc2cc3oc(=O)c(CCC(=O)N(C)[C@H]4CCS(=O)(=O)C4)c(C)c3cc2c1-c1ccccc1. The van der Waals surface area contributed by atoms with Crippen LogP contribution in [0.25, 0.3) is 33.1 Å². The Morgan fingerprint density at radius 1 is 1.06 bits per heavy atom. The van der Waals surface area contributed by atoms with Crippen molar-refractivity contribution < 1.29 is 22.0 Å². The van der Waals surface area contributed by atoms with E-state index < -0.39 is 15.5 Å². The van der Waals surface area contributed by atoms with Crippen LogP contribution >= 0.6 is 0 Å². The molecule has 0 unspecified atom stereocenters. The summed E-state index contributed by atoms with van der Waals surface area (Å²) < 4.78 is 35.2. The molecule has 1 amide bonds. The number of amides is 1. The topological polar surface area (TPSA) is 97.8 Å². The van der Waals surface area contributed by atoms with Crippen LogP contribution in [-0.4, -0.2) is 43.8 Å². The second kappa shape index (κ2) is 8.68. The highest BCUT2D eigenvalue weighted by Gasteiger charge is 2.32. The third kappa shape index (κ3) is 4.27. The van der Waals surface area contributed by atoms with Crippen LogP contribution in [0.5, 0.6) is 0 Å². The quantitative estimate of drug-likeness (QED) is 0.382. The van der Waals surface area contributed by atoms with Gasteiger partial charge in [0.05, 0.1) is 11.5 Å². The maximum Gasteiger partial charge on any atom is 0.339 e. The summed E-state index contributed by atoms with van der Waals surface area (Å²) in [6, 6.07) is 13.4. The van der Waals surface area contributed by atoms with Crippen LogP contribution in [0.4, 0.5) is 0 Å². The van der Waals surface area contributed by atoms with E-state index in [1.807, 2.05) is 50.2 Å². The molecule has 8 heteroatoms. The molecule has 1 saturated heterocycles. The third-order valence-electron chi connectivity index (χ3n) is 7.07. The van der Waals surface area contributed by atoms with Crippen LogP contribution < -0.4 is 5.63 Å². The van der Waals surface area contributed by atoms with E-state index in [1.54, 1.807) is 13.1 Å². The van der Waals surface area contributed by atoms with Crippen molar-refractivity contribution in [1.82, 2.24) is 4.90 Å². The van der Waals surface area contributed by atoms with Gasteiger partial charge in [0.1, 0.15) is 16.9 Å². The number of furan rings is 1. The van der Waals surface area contributed by atoms with Gasteiger partial charge in [-0.25, -0.2) is 13.2 Å². The van der Waals surface area contributed by atoms with Crippen LogP contribution in [0.15, 0.2) is 56.1 Å². The highest BCUT2D eigenvalue weighted by atomic mass is 32.2. The third-order valence-corrected chi connectivity index (χ3v) is 8.82. The predicted octanol–water partition coefficient (Wildman–Crippen LogP) is 4.40. The zero-order chi connectivity index (χ0) is 24.9. The molecule has 1 aliphatic heterocycles. The molecule has 35 heavy (non-hydrogen) atoms. The van der Waals surface area contributed by atoms with E-state index in [9.17, 15) is 18.0 Å². The molecule has 7 nitrogen and oxygen atoms in total. The summed E-state index contributed by atoms with van der Waals surface area (Å²) in [6.45, 7) is 3.78. The van der Waals surface area contributed by atoms with Crippen molar-refractivity contribution in [2.24, 2.45) is 0 Å². The van der Waals surface area contributed by atoms with Crippen LogP contribution in [0.3, 0.4) is 0 Å². The fourth-order valence-corrected chi connectivity index (χ4v) is 6.82. The van der Waals surface area contributed by atoms with Gasteiger partial charge in [-0.2, -0.15) is 0 Å². The first-order valence-electron chi connectivity index (χ1n) is 11.7. The highest BCUT2D eigenvalue weighted by Crippen LogP contribution is 2.37. The molecular weight excluding hydrogens is 466 g/mol. The molecule has 3 heterocycles. The Labute approximate surface area is 203 Å². The van der Waals surface area contributed by atoms with Gasteiger partial charge >= 0.3 is 5.63 Å². The van der Waals surface area contributed by atoms with Crippen LogP contribution in [0.1, 0.15) is 29.7 Å². The second-order valence-corrected chi connectivity index (χ2v) is 11.5. The lowest BCUT2D eigenvalue weighted by atomic mass is 9.98. The van der Waals surface area contributed by atoms with E-state index in [1.165, 1.54) is 4.90 Å². The number of rotatable bonds is 5. The molecule has 4 aromatic rings. The van der Waals surface area contributed by atoms with Gasteiger partial charge in [-0.15, -0.1) is 0 Å². The summed E-state index contributed by atoms with van der Waals surface area (Å²) >= 11 is 0. The minimum Gasteiger partial charge on any atom is -0.461 e. The zero-order valence-corrected chi connectivity index (χ0v) is 20.8. The van der Waals surface area contributed by atoms with Gasteiger partial charge in [0.15, 0.2) is 9.84 Å². The second-order valence-electron chi connectivity index (χ2n) is 9.30. The molecule has 5 rings (SSSR count). The van der Waals surface area contributed by atoms with E-state index in [4.69, 9.17) is 8.83 Å². The van der Waals surface area contributed by atoms with Crippen molar-refractivity contribution in [3.63, 3.8) is 0 Å². The normalized spacial score (nSPS) is 17.3. The molecular formula is C27H27NO6S. The van der Waals surface area contributed by atoms with E-state index in [-0.39, 0.29) is 36.3 Å². The molecule has 0 spiro atoms. The van der Waals surface area contributed by atoms with Gasteiger partial charge in [-0.1, -0.05) is 30.3 Å². The number of fused-ring (bicyclic) bond motifs is 2. The van der Waals surface area contributed by atoms with Crippen molar-refractivity contribution in [2.75, 3.05) is 18.6 Å². The average molecular weight is 494 g/mol. The predicted molar refractivity (Wildman–Crippen MR) is 135 cm³/mol. The largest absolute Gasteiger partial charge is 0.461 e. The maximum atomic E-state index is 12.8. The molecule has 2 aromatic heterocycles. The molecule has 1 atom stereocenters. The number of benzene rings is 2. The highest BCUT2D eigenvalue weighted by molar-refractivity contribution is 7.91. The van der Waals surface area contributed by atoms with Crippen molar-refractivity contribution in [3.8, 4) is 11.1 Å². The van der Waals surface area contributed by atoms with Gasteiger partial charge in [0.25, 0.3) is 0 Å². The first kappa shape index (κ1) is 23.4. The monoisotopic (exact) mass is 493 g/mol. The van der Waals surface area contributed by atoms with Gasteiger partial charge in [0.2, 0.25) is 5.91 Å². The molecule has 0 aliphatic carbocycles. The Morgan fingerprint density at radius 3 is 2.46 bits per heavy atom. The Hall–Kier alpha value is -3.39. The summed E-state index contributed by atoms with van der Waals surface area (Å²) in [5, 5.41) is 1.73. The molecule has 182 valence electrons. The van der Waals surface area contributed by atoms with Crippen LogP contribution in [-0.2, 0) is 21.1 Å². The molecule has 2 aromatic carbocycles. The van der Waals surface area contributed by atoms with E-state index in [0.717, 1.165) is 33.2 Å². The summed E-state index contributed by atoms with van der Waals surface area (Å²) in [5.41, 5.74) is 3.89. The van der Waals surface area contributed by atoms with Crippen LogP contribution in [0, 0.1) is 13.8 Å². The summed E-state index contributed by atoms with van der Waals surface area (Å²) in [7, 11) is -1.45. The minimum absolute atomic E-state index is 0.00373. The van der Waals surface area contributed by atoms with E-state index in [2.05, 4.69) is 0 Å². The Bertz CT molecular complexity index is 1610. The van der Waals surface area contributed by atoms with Crippen molar-refractivity contribution in [3.05, 3.63) is 69.8 Å². The summed E-state index contributed by atoms with van der Waals surface area (Å²) in [4.78, 5) is 27.1. The van der Waals surface area contributed by atoms with Gasteiger partial charge in [-0.3, -0.25) is 4.79 Å². The first-order chi connectivity index (χ1) is 16.6. The number of nitrogens with zero attached hydrogens (tertiary/aromatic N) is 1. The number of hydrogen-bond donors (Lipinski definition) is 0. The standard InChI is InChI=1S/C27H27NO6S/c1-16-20(9-10-25(29)28(3)19-11-12-35(31,32)15-19)27(30)34-23-14-24-22(13-21(16)23)26(17(2)33-24)18-7-5-4-6-8-18/h4-8,13-14,19H,9-12,15H2,1-3H3/t19-/m0/s1. The lowest BCUT2D eigenvalue weighted by Gasteiger charge is -2.23. The Morgan fingerprint density at radius 2 is 1.77 bits per heavy atom. The molecule has 1 fully saturated rings. The fraction of sp³-hybridized carbons (Fsp3) is 0.333. The average Bonchev–Trinajstić information content (AvgIpc) is 3.35. The van der Waals surface area contributed by atoms with Crippen molar-refractivity contribution in [1.29, 1.82) is 0 Å². The first-order valence-corrected chi connectivity index (χ1v) is 13.5. The lowest BCUT2D eigenvalue weighted by molar-refractivity contribution is -0.131. The van der Waals surface area contributed by atoms with Crippen LogP contribution in [0.2, 0.25) is 0 Å². The van der Waals surface area contributed by atoms with Gasteiger partial charge < -0.3 is 13.7 Å². The number of sulfone groups is 1. The number of carbonyl (C=O) groups is 1. The molecule has 1 aliphatic rings. The molecule has 0 saturated carbocycles. The zero-order valence-electron chi connectivity index (χ0n) is 20.0. The number of aryl methyl sites for hydroxylation is 2. The fourth-order valence-electron chi connectivity index (χ4n) is 5.05.